The van der Waals surface area contributed by atoms with Crippen molar-refractivity contribution in [1.29, 1.82) is 0 Å². The second kappa shape index (κ2) is 6.00. The summed E-state index contributed by atoms with van der Waals surface area (Å²) < 4.78 is 9.91. The normalized spacial score (nSPS) is 9.56. The number of methoxy groups -OCH3 is 1. The predicted molar refractivity (Wildman–Crippen MR) is 38.4 cm³/mol. The Kier molecular flexibility index (Phi) is 5.92. The second-order valence-corrected chi connectivity index (χ2v) is 3.07. The third-order valence-electron chi connectivity index (χ3n) is 0.636. The Morgan fingerprint density at radius 3 is 2.67 bits per heavy atom. The van der Waals surface area contributed by atoms with E-state index in [2.05, 4.69) is 6.58 Å². The van der Waals surface area contributed by atoms with Gasteiger partial charge < -0.3 is 9.16 Å². The van der Waals surface area contributed by atoms with E-state index in [9.17, 15) is 0 Å². The summed E-state index contributed by atoms with van der Waals surface area (Å²) in [6.07, 6.45) is 0. The second-order valence-electron chi connectivity index (χ2n) is 1.72. The van der Waals surface area contributed by atoms with Crippen molar-refractivity contribution >= 4 is 9.76 Å². The molecule has 0 N–H and O–H groups in total. The molecule has 0 bridgehead atoms. The van der Waals surface area contributed by atoms with Crippen LogP contribution in [0.1, 0.15) is 6.92 Å². The fourth-order valence-corrected chi connectivity index (χ4v) is 0.731. The van der Waals surface area contributed by atoms with Gasteiger partial charge in [-0.3, -0.25) is 0 Å². The van der Waals surface area contributed by atoms with Gasteiger partial charge in [0.15, 0.2) is 0 Å². The molecule has 0 saturated carbocycles. The largest absolute Gasteiger partial charge is 0.409 e. The fraction of sp³-hybridized carbons (Fsp3) is 0.667. The van der Waals surface area contributed by atoms with E-state index in [4.69, 9.17) is 9.16 Å². The highest BCUT2D eigenvalue weighted by molar-refractivity contribution is 6.37. The van der Waals surface area contributed by atoms with E-state index >= 15 is 0 Å². The maximum Gasteiger partial charge on any atom is 0.263 e. The molecule has 0 fully saturated rings. The van der Waals surface area contributed by atoms with E-state index in [0.29, 0.717) is 23.0 Å². The van der Waals surface area contributed by atoms with Crippen molar-refractivity contribution in [2.45, 2.75) is 6.92 Å². The molecular weight excluding hydrogens is 132 g/mol. The molecule has 0 saturated heterocycles. The molecule has 0 rings (SSSR count). The van der Waals surface area contributed by atoms with Crippen LogP contribution in [-0.2, 0) is 9.16 Å². The van der Waals surface area contributed by atoms with Gasteiger partial charge in [0, 0.05) is 7.11 Å². The van der Waals surface area contributed by atoms with Crippen LogP contribution in [0.5, 0.6) is 0 Å². The summed E-state index contributed by atoms with van der Waals surface area (Å²) in [5.41, 5.74) is 0. The van der Waals surface area contributed by atoms with Crippen LogP contribution < -0.4 is 0 Å². The zero-order valence-corrected chi connectivity index (χ0v) is 6.94. The van der Waals surface area contributed by atoms with Gasteiger partial charge in [-0.05, 0) is 6.92 Å². The molecule has 0 aliphatic carbocycles. The first kappa shape index (κ1) is 8.88. The van der Waals surface area contributed by atoms with Crippen molar-refractivity contribution < 1.29 is 9.16 Å². The van der Waals surface area contributed by atoms with Crippen molar-refractivity contribution in [1.82, 2.24) is 0 Å². The zero-order chi connectivity index (χ0) is 7.11. The lowest BCUT2D eigenvalue weighted by Crippen LogP contribution is -2.05. The lowest BCUT2D eigenvalue weighted by atomic mass is 10.8. The summed E-state index contributed by atoms with van der Waals surface area (Å²) in [7, 11) is 2.08. The topological polar surface area (TPSA) is 18.5 Å². The Morgan fingerprint density at radius 1 is 1.56 bits per heavy atom. The molecule has 3 heteroatoms. The van der Waals surface area contributed by atoms with Gasteiger partial charge in [0.25, 0.3) is 9.76 Å². The number of allylic oxidation sites excluding steroid dienone is 1. The van der Waals surface area contributed by atoms with Crippen molar-refractivity contribution in [2.24, 2.45) is 0 Å². The molecular formula is C6H12O2Si. The molecule has 52 valence electrons. The SMILES string of the molecule is C=C(C)[Si]OCCOC. The Labute approximate surface area is 58.8 Å². The highest BCUT2D eigenvalue weighted by Gasteiger charge is 1.89. The fourth-order valence-electron chi connectivity index (χ4n) is 0.299. The molecule has 0 aliphatic rings. The highest BCUT2D eigenvalue weighted by atomic mass is 28.2. The van der Waals surface area contributed by atoms with Gasteiger partial charge in [-0.15, -0.1) is 6.58 Å². The minimum Gasteiger partial charge on any atom is -0.409 e. The van der Waals surface area contributed by atoms with Crippen LogP contribution in [0.2, 0.25) is 0 Å². The van der Waals surface area contributed by atoms with E-state index < -0.39 is 0 Å². The van der Waals surface area contributed by atoms with Crippen LogP contribution >= 0.6 is 0 Å². The van der Waals surface area contributed by atoms with Gasteiger partial charge in [0.2, 0.25) is 0 Å². The molecule has 9 heavy (non-hydrogen) atoms. The van der Waals surface area contributed by atoms with Gasteiger partial charge in [-0.1, -0.05) is 5.20 Å². The minimum atomic E-state index is 0.424. The van der Waals surface area contributed by atoms with Crippen LogP contribution in [-0.4, -0.2) is 30.1 Å². The third kappa shape index (κ3) is 7.88. The van der Waals surface area contributed by atoms with Crippen LogP contribution in [0.15, 0.2) is 11.8 Å². The number of hydrogen-bond acceptors (Lipinski definition) is 2. The molecule has 0 aromatic carbocycles. The minimum absolute atomic E-state index is 0.424. The molecule has 0 heterocycles. The highest BCUT2D eigenvalue weighted by Crippen LogP contribution is 1.83. The Morgan fingerprint density at radius 2 is 2.22 bits per heavy atom. The Hall–Kier alpha value is -0.123. The molecule has 0 spiro atoms. The Balaban J connectivity index is 2.83. The number of ether oxygens (including phenoxy) is 1. The summed E-state index contributed by atoms with van der Waals surface area (Å²) >= 11 is 0. The first-order valence-electron chi connectivity index (χ1n) is 2.79. The van der Waals surface area contributed by atoms with Crippen LogP contribution in [0.4, 0.5) is 0 Å². The van der Waals surface area contributed by atoms with Gasteiger partial charge in [0.1, 0.15) is 0 Å². The van der Waals surface area contributed by atoms with Crippen molar-refractivity contribution in [3.05, 3.63) is 11.8 Å². The zero-order valence-electron chi connectivity index (χ0n) is 5.94. The first-order valence-corrected chi connectivity index (χ1v) is 3.70. The van der Waals surface area contributed by atoms with Gasteiger partial charge in [-0.25, -0.2) is 0 Å². The maximum absolute atomic E-state index is 5.14. The van der Waals surface area contributed by atoms with Crippen LogP contribution in [0.25, 0.3) is 0 Å². The first-order chi connectivity index (χ1) is 4.27. The monoisotopic (exact) mass is 144 g/mol. The average molecular weight is 144 g/mol. The molecule has 2 nitrogen and oxygen atoms in total. The molecule has 0 aromatic heterocycles. The summed E-state index contributed by atoms with van der Waals surface area (Å²) in [5, 5.41) is 1.08. The molecule has 0 amide bonds. The quantitative estimate of drug-likeness (QED) is 0.420. The summed E-state index contributed by atoms with van der Waals surface area (Å²) in [5.74, 6) is 0. The summed E-state index contributed by atoms with van der Waals surface area (Å²) in [6, 6.07) is 0. The smallest absolute Gasteiger partial charge is 0.263 e. The summed E-state index contributed by atoms with van der Waals surface area (Å²) in [6.45, 7) is 6.98. The van der Waals surface area contributed by atoms with E-state index in [-0.39, 0.29) is 0 Å². The molecule has 0 atom stereocenters. The standard InChI is InChI=1S/C6H12O2Si/c1-6(2)9-8-5-4-7-3/h1,4-5H2,2-3H3. The van der Waals surface area contributed by atoms with E-state index in [0.717, 1.165) is 5.20 Å². The van der Waals surface area contributed by atoms with Crippen molar-refractivity contribution in [3.63, 3.8) is 0 Å². The third-order valence-corrected chi connectivity index (χ3v) is 1.33. The molecule has 2 radical (unpaired) electrons. The van der Waals surface area contributed by atoms with Crippen LogP contribution in [0.3, 0.4) is 0 Å². The van der Waals surface area contributed by atoms with Gasteiger partial charge >= 0.3 is 0 Å². The molecule has 0 aromatic rings. The Bertz CT molecular complexity index is 83.1. The molecule has 0 unspecified atom stereocenters. The average Bonchev–Trinajstić information content (AvgIpc) is 1.80. The molecule has 0 aliphatic heterocycles. The number of hydrogen-bond donors (Lipinski definition) is 0. The van der Waals surface area contributed by atoms with Crippen LogP contribution in [0, 0.1) is 0 Å². The lowest BCUT2D eigenvalue weighted by molar-refractivity contribution is 0.150. The van der Waals surface area contributed by atoms with E-state index in [1.165, 1.54) is 0 Å². The van der Waals surface area contributed by atoms with Crippen molar-refractivity contribution in [3.8, 4) is 0 Å². The lowest BCUT2D eigenvalue weighted by Gasteiger charge is -1.99. The predicted octanol–water partition coefficient (Wildman–Crippen LogP) is 0.802. The summed E-state index contributed by atoms with van der Waals surface area (Å²) in [4.78, 5) is 0. The number of rotatable bonds is 5. The van der Waals surface area contributed by atoms with E-state index in [1.807, 2.05) is 6.92 Å². The van der Waals surface area contributed by atoms with Gasteiger partial charge in [0.05, 0.1) is 13.2 Å². The van der Waals surface area contributed by atoms with E-state index in [1.54, 1.807) is 7.11 Å². The van der Waals surface area contributed by atoms with Gasteiger partial charge in [-0.2, -0.15) is 0 Å². The maximum atomic E-state index is 5.14. The van der Waals surface area contributed by atoms with Crippen molar-refractivity contribution in [2.75, 3.05) is 20.3 Å².